The summed E-state index contributed by atoms with van der Waals surface area (Å²) < 4.78 is 69.5. The van der Waals surface area contributed by atoms with Crippen LogP contribution < -0.4 is 10.1 Å². The fourth-order valence-corrected chi connectivity index (χ4v) is 2.17. The van der Waals surface area contributed by atoms with Gasteiger partial charge in [-0.05, 0) is 36.4 Å². The Bertz CT molecular complexity index is 796. The second-order valence-electron chi connectivity index (χ2n) is 4.72. The summed E-state index contributed by atoms with van der Waals surface area (Å²) in [7, 11) is 0. The minimum Gasteiger partial charge on any atom is -0.425 e. The Hall–Kier alpha value is -2.06. The summed E-state index contributed by atoms with van der Waals surface area (Å²) in [4.78, 5) is 11.7. The van der Waals surface area contributed by atoms with E-state index in [-0.39, 0.29) is 15.7 Å². The molecular weight excluding hydrogens is 392 g/mol. The molecule has 0 bridgehead atoms. The van der Waals surface area contributed by atoms with Crippen LogP contribution in [0.4, 0.5) is 27.6 Å². The number of hydrogen-bond acceptors (Lipinski definition) is 2. The molecule has 0 unspecified atom stereocenters. The SMILES string of the molecule is O=C(Nc1ccc(Cl)cc1Cl)C(F)(F)Oc1cccc(C(F)(F)F)c1. The predicted octanol–water partition coefficient (Wildman–Crippen LogP) is 5.62. The van der Waals surface area contributed by atoms with Crippen LogP contribution in [0.15, 0.2) is 42.5 Å². The van der Waals surface area contributed by atoms with Crippen molar-refractivity contribution in [1.29, 1.82) is 0 Å². The maximum absolute atomic E-state index is 13.8. The fourth-order valence-electron chi connectivity index (χ4n) is 1.72. The van der Waals surface area contributed by atoms with Crippen LogP contribution in [0.5, 0.6) is 5.75 Å². The number of nitrogens with one attached hydrogen (secondary N) is 1. The highest BCUT2D eigenvalue weighted by molar-refractivity contribution is 6.36. The van der Waals surface area contributed by atoms with Crippen LogP contribution in [-0.4, -0.2) is 12.0 Å². The van der Waals surface area contributed by atoms with E-state index in [2.05, 4.69) is 4.74 Å². The Morgan fingerprint density at radius 1 is 1.00 bits per heavy atom. The van der Waals surface area contributed by atoms with Gasteiger partial charge in [-0.3, -0.25) is 4.79 Å². The van der Waals surface area contributed by atoms with E-state index in [1.54, 1.807) is 0 Å². The van der Waals surface area contributed by atoms with Crippen molar-refractivity contribution in [3.63, 3.8) is 0 Å². The van der Waals surface area contributed by atoms with Crippen molar-refractivity contribution in [2.45, 2.75) is 12.3 Å². The summed E-state index contributed by atoms with van der Waals surface area (Å²) in [6.07, 6.45) is -9.18. The number of amides is 1. The molecule has 3 nitrogen and oxygen atoms in total. The first kappa shape index (κ1) is 19.3. The Kier molecular flexibility index (Phi) is 5.43. The molecule has 0 atom stereocenters. The van der Waals surface area contributed by atoms with E-state index in [1.165, 1.54) is 18.2 Å². The second kappa shape index (κ2) is 7.05. The fraction of sp³-hybridized carbons (Fsp3) is 0.133. The van der Waals surface area contributed by atoms with Gasteiger partial charge in [0.15, 0.2) is 0 Å². The van der Waals surface area contributed by atoms with Crippen LogP contribution in [0, 0.1) is 0 Å². The number of hydrogen-bond donors (Lipinski definition) is 1. The van der Waals surface area contributed by atoms with E-state index >= 15 is 0 Å². The second-order valence-corrected chi connectivity index (χ2v) is 5.57. The lowest BCUT2D eigenvalue weighted by molar-refractivity contribution is -0.187. The van der Waals surface area contributed by atoms with Crippen molar-refractivity contribution in [2.24, 2.45) is 0 Å². The van der Waals surface area contributed by atoms with Crippen molar-refractivity contribution in [3.8, 4) is 5.75 Å². The molecule has 0 radical (unpaired) electrons. The molecular formula is C15H8Cl2F5NO2. The van der Waals surface area contributed by atoms with Gasteiger partial charge in [-0.1, -0.05) is 29.3 Å². The lowest BCUT2D eigenvalue weighted by Crippen LogP contribution is -2.40. The molecule has 2 aromatic carbocycles. The van der Waals surface area contributed by atoms with Gasteiger partial charge in [0, 0.05) is 5.02 Å². The third-order valence-corrected chi connectivity index (χ3v) is 3.40. The molecule has 0 heterocycles. The molecule has 2 aromatic rings. The van der Waals surface area contributed by atoms with E-state index in [0.29, 0.717) is 12.1 Å². The van der Waals surface area contributed by atoms with Crippen LogP contribution in [0.2, 0.25) is 10.0 Å². The predicted molar refractivity (Wildman–Crippen MR) is 82.1 cm³/mol. The van der Waals surface area contributed by atoms with E-state index in [1.807, 2.05) is 5.32 Å². The summed E-state index contributed by atoms with van der Waals surface area (Å²) in [6.45, 7) is 0. The number of rotatable bonds is 4. The van der Waals surface area contributed by atoms with Crippen LogP contribution in [-0.2, 0) is 11.0 Å². The molecule has 134 valence electrons. The zero-order valence-corrected chi connectivity index (χ0v) is 13.5. The van der Waals surface area contributed by atoms with Crippen molar-refractivity contribution in [2.75, 3.05) is 5.32 Å². The first-order chi connectivity index (χ1) is 11.5. The summed E-state index contributed by atoms with van der Waals surface area (Å²) in [5.41, 5.74) is -1.36. The van der Waals surface area contributed by atoms with E-state index in [9.17, 15) is 26.7 Å². The molecule has 25 heavy (non-hydrogen) atoms. The number of carbonyl (C=O) groups is 1. The zero-order valence-electron chi connectivity index (χ0n) is 12.0. The Morgan fingerprint density at radius 3 is 2.28 bits per heavy atom. The molecule has 1 amide bonds. The molecule has 0 aromatic heterocycles. The Labute approximate surface area is 148 Å². The first-order valence-electron chi connectivity index (χ1n) is 6.49. The number of carbonyl (C=O) groups excluding carboxylic acids is 1. The summed E-state index contributed by atoms with van der Waals surface area (Å²) in [5.74, 6) is -2.73. The van der Waals surface area contributed by atoms with Crippen LogP contribution in [0.25, 0.3) is 0 Å². The standard InChI is InChI=1S/C15H8Cl2F5NO2/c16-9-4-5-12(11(17)7-9)23-13(24)15(21,22)25-10-3-1-2-8(6-10)14(18,19)20/h1-7H,(H,23,24). The summed E-state index contributed by atoms with van der Waals surface area (Å²) >= 11 is 11.4. The molecule has 10 heteroatoms. The van der Waals surface area contributed by atoms with Gasteiger partial charge in [-0.2, -0.15) is 22.0 Å². The Morgan fingerprint density at radius 2 is 1.68 bits per heavy atom. The first-order valence-corrected chi connectivity index (χ1v) is 7.25. The summed E-state index contributed by atoms with van der Waals surface area (Å²) in [6, 6.07) is 6.48. The normalized spacial score (nSPS) is 12.0. The molecule has 0 fully saturated rings. The van der Waals surface area contributed by atoms with Gasteiger partial charge in [0.2, 0.25) is 0 Å². The number of anilines is 1. The minimum absolute atomic E-state index is 0.101. The van der Waals surface area contributed by atoms with Gasteiger partial charge in [-0.15, -0.1) is 0 Å². The molecule has 0 saturated heterocycles. The largest absolute Gasteiger partial charge is 0.482 e. The van der Waals surface area contributed by atoms with E-state index < -0.39 is 29.5 Å². The highest BCUT2D eigenvalue weighted by atomic mass is 35.5. The number of halogens is 7. The van der Waals surface area contributed by atoms with Gasteiger partial charge < -0.3 is 10.1 Å². The third kappa shape index (κ3) is 4.96. The van der Waals surface area contributed by atoms with Gasteiger partial charge in [0.05, 0.1) is 16.3 Å². The van der Waals surface area contributed by atoms with Crippen LogP contribution in [0.1, 0.15) is 5.56 Å². The molecule has 0 spiro atoms. The van der Waals surface area contributed by atoms with Crippen molar-refractivity contribution in [1.82, 2.24) is 0 Å². The lowest BCUT2D eigenvalue weighted by atomic mass is 10.2. The topological polar surface area (TPSA) is 38.3 Å². The Balaban J connectivity index is 2.16. The highest BCUT2D eigenvalue weighted by Crippen LogP contribution is 2.33. The van der Waals surface area contributed by atoms with Crippen molar-refractivity contribution in [3.05, 3.63) is 58.1 Å². The highest BCUT2D eigenvalue weighted by Gasteiger charge is 2.43. The molecule has 0 saturated carbocycles. The van der Waals surface area contributed by atoms with Crippen LogP contribution >= 0.6 is 23.2 Å². The molecule has 0 aliphatic rings. The van der Waals surface area contributed by atoms with E-state index in [0.717, 1.165) is 12.1 Å². The quantitative estimate of drug-likeness (QED) is 0.677. The zero-order chi connectivity index (χ0) is 18.8. The van der Waals surface area contributed by atoms with Crippen molar-refractivity contribution >= 4 is 34.8 Å². The number of ether oxygens (including phenoxy) is 1. The van der Waals surface area contributed by atoms with E-state index in [4.69, 9.17) is 23.2 Å². The molecule has 0 aliphatic heterocycles. The number of alkyl halides is 5. The average Bonchev–Trinajstić information content (AvgIpc) is 2.49. The third-order valence-electron chi connectivity index (χ3n) is 2.85. The maximum atomic E-state index is 13.8. The summed E-state index contributed by atoms with van der Waals surface area (Å²) in [5, 5.41) is 1.93. The van der Waals surface area contributed by atoms with Gasteiger partial charge >= 0.3 is 18.2 Å². The maximum Gasteiger partial charge on any atom is 0.482 e. The number of benzene rings is 2. The van der Waals surface area contributed by atoms with Gasteiger partial charge in [0.25, 0.3) is 0 Å². The average molecular weight is 400 g/mol. The molecule has 2 rings (SSSR count). The van der Waals surface area contributed by atoms with Crippen LogP contribution in [0.3, 0.4) is 0 Å². The lowest BCUT2D eigenvalue weighted by Gasteiger charge is -2.18. The van der Waals surface area contributed by atoms with Gasteiger partial charge in [0.1, 0.15) is 5.75 Å². The van der Waals surface area contributed by atoms with Crippen molar-refractivity contribution < 1.29 is 31.5 Å². The van der Waals surface area contributed by atoms with Gasteiger partial charge in [-0.25, -0.2) is 0 Å². The monoisotopic (exact) mass is 399 g/mol. The minimum atomic E-state index is -4.74. The smallest absolute Gasteiger partial charge is 0.425 e. The molecule has 1 N–H and O–H groups in total. The molecule has 0 aliphatic carbocycles.